The van der Waals surface area contributed by atoms with E-state index in [0.29, 0.717) is 23.1 Å². The lowest BCUT2D eigenvalue weighted by atomic mass is 9.96. The molecule has 0 amide bonds. The molecule has 4 heterocycles. The normalized spacial score (nSPS) is 26.5. The number of aryl methyl sites for hydroxylation is 1. The lowest BCUT2D eigenvalue weighted by Crippen LogP contribution is -2.57. The van der Waals surface area contributed by atoms with Crippen LogP contribution in [-0.4, -0.2) is 55.2 Å². The zero-order chi connectivity index (χ0) is 22.7. The van der Waals surface area contributed by atoms with Gasteiger partial charge in [0.1, 0.15) is 23.6 Å². The third-order valence-corrected chi connectivity index (χ3v) is 7.13. The highest BCUT2D eigenvalue weighted by molar-refractivity contribution is 5.74. The minimum absolute atomic E-state index is 0.0829. The van der Waals surface area contributed by atoms with Crippen molar-refractivity contribution in [3.05, 3.63) is 42.7 Å². The van der Waals surface area contributed by atoms with Crippen molar-refractivity contribution >= 4 is 5.82 Å². The summed E-state index contributed by atoms with van der Waals surface area (Å²) in [7, 11) is 1.75. The molecule has 3 aliphatic rings. The summed E-state index contributed by atoms with van der Waals surface area (Å²) in [6, 6.07) is 3.00. The SMILES string of the molecule is Cn1cc(-c2cc(O)c(-c3cnc(N(C4CC4)C4C[C@H]5CC[C@H](N5)C4F)cn3)cc2F)cn1. The van der Waals surface area contributed by atoms with Gasteiger partial charge in [-0.25, -0.2) is 13.8 Å². The Bertz CT molecular complexity index is 1180. The molecule has 0 radical (unpaired) electrons. The second kappa shape index (κ2) is 7.76. The molecule has 3 aromatic rings. The van der Waals surface area contributed by atoms with Crippen molar-refractivity contribution < 1.29 is 13.9 Å². The van der Waals surface area contributed by atoms with Crippen LogP contribution in [0, 0.1) is 5.82 Å². The highest BCUT2D eigenvalue weighted by Crippen LogP contribution is 2.40. The molecular weight excluding hydrogens is 426 g/mol. The molecule has 4 atom stereocenters. The first-order valence-corrected chi connectivity index (χ1v) is 11.5. The van der Waals surface area contributed by atoms with Crippen molar-refractivity contribution in [1.29, 1.82) is 0 Å². The number of phenols is 1. The molecule has 1 aromatic carbocycles. The van der Waals surface area contributed by atoms with Crippen LogP contribution in [0.1, 0.15) is 32.1 Å². The van der Waals surface area contributed by atoms with Crippen LogP contribution in [0.25, 0.3) is 22.4 Å². The second-order valence-electron chi connectivity index (χ2n) is 9.45. The van der Waals surface area contributed by atoms with Crippen LogP contribution in [0.15, 0.2) is 36.9 Å². The summed E-state index contributed by atoms with van der Waals surface area (Å²) in [5.41, 5.74) is 1.48. The molecule has 1 aliphatic carbocycles. The lowest BCUT2D eigenvalue weighted by molar-refractivity contribution is 0.171. The topological polar surface area (TPSA) is 79.1 Å². The van der Waals surface area contributed by atoms with Gasteiger partial charge in [-0.1, -0.05) is 0 Å². The zero-order valence-electron chi connectivity index (χ0n) is 18.3. The van der Waals surface area contributed by atoms with E-state index >= 15 is 4.39 Å². The van der Waals surface area contributed by atoms with E-state index in [2.05, 4.69) is 25.3 Å². The summed E-state index contributed by atoms with van der Waals surface area (Å²) in [6.45, 7) is 0. The number of benzene rings is 1. The molecule has 2 aromatic heterocycles. The van der Waals surface area contributed by atoms with Crippen molar-refractivity contribution in [2.75, 3.05) is 4.90 Å². The number of nitrogens with one attached hydrogen (secondary N) is 1. The molecule has 2 bridgehead atoms. The third-order valence-electron chi connectivity index (χ3n) is 7.13. The molecule has 7 nitrogen and oxygen atoms in total. The molecule has 0 spiro atoms. The molecule has 2 aliphatic heterocycles. The van der Waals surface area contributed by atoms with Crippen molar-refractivity contribution in [3.8, 4) is 28.1 Å². The number of piperidine rings is 1. The van der Waals surface area contributed by atoms with E-state index in [1.807, 2.05) is 0 Å². The minimum atomic E-state index is -0.941. The molecule has 172 valence electrons. The number of rotatable bonds is 5. The zero-order valence-corrected chi connectivity index (χ0v) is 18.3. The fourth-order valence-corrected chi connectivity index (χ4v) is 5.37. The molecule has 2 unspecified atom stereocenters. The molecule has 2 N–H and O–H groups in total. The summed E-state index contributed by atoms with van der Waals surface area (Å²) >= 11 is 0. The summed E-state index contributed by atoms with van der Waals surface area (Å²) in [5.74, 6) is 0.0731. The van der Waals surface area contributed by atoms with Crippen LogP contribution >= 0.6 is 0 Å². The Hall–Kier alpha value is -3.07. The number of fused-ring (bicyclic) bond motifs is 2. The summed E-state index contributed by atoms with van der Waals surface area (Å²) < 4.78 is 31.7. The highest BCUT2D eigenvalue weighted by atomic mass is 19.1. The van der Waals surface area contributed by atoms with Crippen LogP contribution < -0.4 is 10.2 Å². The lowest BCUT2D eigenvalue weighted by Gasteiger charge is -2.41. The van der Waals surface area contributed by atoms with Crippen LogP contribution in [0.5, 0.6) is 5.75 Å². The van der Waals surface area contributed by atoms with Gasteiger partial charge >= 0.3 is 0 Å². The van der Waals surface area contributed by atoms with Gasteiger partial charge < -0.3 is 15.3 Å². The molecule has 6 rings (SSSR count). The standard InChI is InChI=1S/C24H26F2N6O/c1-31-12-13(9-29-31)16-8-22(33)17(7-18(16)25)20-10-28-23(11-27-20)32(15-3-4-15)21-6-14-2-5-19(30-14)24(21)26/h7-12,14-15,19,21,24,30,33H,2-6H2,1H3/t14-,19+,21?,24?/m1/s1. The van der Waals surface area contributed by atoms with E-state index in [9.17, 15) is 9.50 Å². The van der Waals surface area contributed by atoms with E-state index < -0.39 is 12.0 Å². The average molecular weight is 453 g/mol. The summed E-state index contributed by atoms with van der Waals surface area (Å²) in [6.07, 6.45) is 10.2. The Labute approximate surface area is 190 Å². The van der Waals surface area contributed by atoms with Gasteiger partial charge in [-0.15, -0.1) is 0 Å². The van der Waals surface area contributed by atoms with Gasteiger partial charge in [-0.2, -0.15) is 5.10 Å². The Kier molecular flexibility index (Phi) is 4.83. The predicted octanol–water partition coefficient (Wildman–Crippen LogP) is 3.59. The van der Waals surface area contributed by atoms with Crippen LogP contribution in [-0.2, 0) is 7.05 Å². The van der Waals surface area contributed by atoms with Crippen molar-refractivity contribution in [1.82, 2.24) is 25.1 Å². The summed E-state index contributed by atoms with van der Waals surface area (Å²) in [5, 5.41) is 18.0. The number of aromatic nitrogens is 4. The highest BCUT2D eigenvalue weighted by Gasteiger charge is 2.48. The Morgan fingerprint density at radius 3 is 2.64 bits per heavy atom. The van der Waals surface area contributed by atoms with Gasteiger partial charge in [-0.05, 0) is 44.2 Å². The van der Waals surface area contributed by atoms with E-state index in [1.54, 1.807) is 30.3 Å². The maximum Gasteiger partial charge on any atom is 0.147 e. The number of halogens is 2. The molecule has 1 saturated carbocycles. The molecule has 3 fully saturated rings. The largest absolute Gasteiger partial charge is 0.507 e. The van der Waals surface area contributed by atoms with Crippen molar-refractivity contribution in [3.63, 3.8) is 0 Å². The fourth-order valence-electron chi connectivity index (χ4n) is 5.37. The fraction of sp³-hybridized carbons (Fsp3) is 0.458. The van der Waals surface area contributed by atoms with E-state index in [1.165, 1.54) is 18.3 Å². The second-order valence-corrected chi connectivity index (χ2v) is 9.45. The first-order chi connectivity index (χ1) is 16.0. The monoisotopic (exact) mass is 452 g/mol. The molecular formula is C24H26F2N6O. The Morgan fingerprint density at radius 1 is 1.09 bits per heavy atom. The van der Waals surface area contributed by atoms with E-state index in [-0.39, 0.29) is 35.0 Å². The minimum Gasteiger partial charge on any atom is -0.507 e. The van der Waals surface area contributed by atoms with Crippen molar-refractivity contribution in [2.24, 2.45) is 7.05 Å². The van der Waals surface area contributed by atoms with Gasteiger partial charge in [0.15, 0.2) is 0 Å². The van der Waals surface area contributed by atoms with Gasteiger partial charge in [0.25, 0.3) is 0 Å². The number of anilines is 1. The Morgan fingerprint density at radius 2 is 1.94 bits per heavy atom. The van der Waals surface area contributed by atoms with Crippen LogP contribution in [0.3, 0.4) is 0 Å². The Balaban J connectivity index is 1.29. The molecule has 33 heavy (non-hydrogen) atoms. The third kappa shape index (κ3) is 3.64. The summed E-state index contributed by atoms with van der Waals surface area (Å²) in [4.78, 5) is 11.2. The van der Waals surface area contributed by atoms with Crippen LogP contribution in [0.2, 0.25) is 0 Å². The number of nitrogens with zero attached hydrogens (tertiary/aromatic N) is 5. The average Bonchev–Trinajstić information content (AvgIpc) is 3.41. The van der Waals surface area contributed by atoms with E-state index in [0.717, 1.165) is 32.1 Å². The molecule has 9 heteroatoms. The molecule has 2 saturated heterocycles. The van der Waals surface area contributed by atoms with Gasteiger partial charge in [-0.3, -0.25) is 9.67 Å². The number of alkyl halides is 1. The van der Waals surface area contributed by atoms with Gasteiger partial charge in [0.05, 0.1) is 30.3 Å². The maximum absolute atomic E-state index is 15.3. The van der Waals surface area contributed by atoms with Crippen LogP contribution in [0.4, 0.5) is 14.6 Å². The van der Waals surface area contributed by atoms with Gasteiger partial charge in [0.2, 0.25) is 0 Å². The number of hydrogen-bond donors (Lipinski definition) is 2. The van der Waals surface area contributed by atoms with Crippen molar-refractivity contribution in [2.45, 2.75) is 62.4 Å². The number of hydrogen-bond acceptors (Lipinski definition) is 6. The number of aromatic hydroxyl groups is 1. The first kappa shape index (κ1) is 20.5. The predicted molar refractivity (Wildman–Crippen MR) is 120 cm³/mol. The van der Waals surface area contributed by atoms with E-state index in [4.69, 9.17) is 0 Å². The maximum atomic E-state index is 15.3. The van der Waals surface area contributed by atoms with Gasteiger partial charge in [0, 0.05) is 48.1 Å². The quantitative estimate of drug-likeness (QED) is 0.616. The first-order valence-electron chi connectivity index (χ1n) is 11.5. The smallest absolute Gasteiger partial charge is 0.147 e. The number of phenolic OH excluding ortho intramolecular Hbond substituents is 1.